The van der Waals surface area contributed by atoms with E-state index < -0.39 is 14.4 Å². The Morgan fingerprint density at radius 1 is 0.879 bits per heavy atom. The second-order valence-electron chi connectivity index (χ2n) is 9.79. The average Bonchev–Trinajstić information content (AvgIpc) is 2.84. The largest absolute Gasteiger partial charge is 0.424 e. The highest BCUT2D eigenvalue weighted by molar-refractivity contribution is 8.00. The standard InChI is InChI=1S/C28H44O3SSi/c1-6-8-22-31-23-26(29)28(32-5,19-7-2)21-20-27(3,4)33(30,24-15-11-9-12-16-24)25-17-13-10-14-18-25/h9-18,26,29-30H,6-8,19-23H2,1-5H3/t26-,28-/m0/s1. The monoisotopic (exact) mass is 488 g/mol. The summed E-state index contributed by atoms with van der Waals surface area (Å²) in [6.45, 7) is 9.82. The molecule has 0 radical (unpaired) electrons. The Kier molecular flexibility index (Phi) is 11.2. The predicted octanol–water partition coefficient (Wildman–Crippen LogP) is 5.38. The van der Waals surface area contributed by atoms with Gasteiger partial charge in [0.2, 0.25) is 0 Å². The zero-order valence-electron chi connectivity index (χ0n) is 21.2. The predicted molar refractivity (Wildman–Crippen MR) is 146 cm³/mol. The highest BCUT2D eigenvalue weighted by Gasteiger charge is 2.51. The molecule has 33 heavy (non-hydrogen) atoms. The van der Waals surface area contributed by atoms with Gasteiger partial charge in [-0.2, -0.15) is 11.8 Å². The van der Waals surface area contributed by atoms with Crippen molar-refractivity contribution in [3.63, 3.8) is 0 Å². The van der Waals surface area contributed by atoms with Crippen LogP contribution in [-0.2, 0) is 4.74 Å². The topological polar surface area (TPSA) is 49.7 Å². The minimum Gasteiger partial charge on any atom is -0.424 e. The Bertz CT molecular complexity index is 760. The highest BCUT2D eigenvalue weighted by atomic mass is 32.2. The lowest BCUT2D eigenvalue weighted by Gasteiger charge is -2.44. The summed E-state index contributed by atoms with van der Waals surface area (Å²) in [4.78, 5) is 12.5. The van der Waals surface area contributed by atoms with Gasteiger partial charge in [0, 0.05) is 11.4 Å². The fraction of sp³-hybridized carbons (Fsp3) is 0.571. The van der Waals surface area contributed by atoms with Gasteiger partial charge in [0.05, 0.1) is 12.7 Å². The first kappa shape index (κ1) is 28.1. The third-order valence-corrected chi connectivity index (χ3v) is 13.2. The molecule has 0 aliphatic rings. The maximum atomic E-state index is 12.5. The van der Waals surface area contributed by atoms with Crippen LogP contribution in [0.2, 0.25) is 5.04 Å². The molecule has 0 spiro atoms. The molecule has 2 atom stereocenters. The van der Waals surface area contributed by atoms with E-state index in [9.17, 15) is 9.90 Å². The summed E-state index contributed by atoms with van der Waals surface area (Å²) in [6, 6.07) is 20.4. The van der Waals surface area contributed by atoms with Gasteiger partial charge in [-0.25, -0.2) is 0 Å². The Labute approximate surface area is 207 Å². The van der Waals surface area contributed by atoms with Crippen molar-refractivity contribution in [2.24, 2.45) is 0 Å². The van der Waals surface area contributed by atoms with Gasteiger partial charge in [-0.05, 0) is 47.4 Å². The molecular formula is C28H44O3SSi. The zero-order chi connectivity index (χ0) is 24.4. The normalized spacial score (nSPS) is 15.2. The van der Waals surface area contributed by atoms with E-state index in [0.29, 0.717) is 13.2 Å². The number of ether oxygens (including phenoxy) is 1. The SMILES string of the molecule is CCCCOC[C@H](O)[C@](CCC)(CCC(C)(C)[Si](O)(c1ccccc1)c1ccccc1)SC. The first-order valence-electron chi connectivity index (χ1n) is 12.4. The Morgan fingerprint density at radius 2 is 1.42 bits per heavy atom. The molecule has 0 aliphatic carbocycles. The van der Waals surface area contributed by atoms with Crippen LogP contribution in [0, 0.1) is 0 Å². The zero-order valence-corrected chi connectivity index (χ0v) is 23.0. The molecule has 2 aromatic rings. The number of rotatable bonds is 15. The van der Waals surface area contributed by atoms with Crippen molar-refractivity contribution in [2.45, 2.75) is 82.1 Å². The van der Waals surface area contributed by atoms with E-state index >= 15 is 0 Å². The molecule has 0 amide bonds. The third kappa shape index (κ3) is 6.73. The molecule has 2 N–H and O–H groups in total. The number of hydrogen-bond acceptors (Lipinski definition) is 4. The van der Waals surface area contributed by atoms with Crippen LogP contribution in [-0.4, -0.2) is 48.5 Å². The summed E-state index contributed by atoms with van der Waals surface area (Å²) in [5, 5.41) is 13.0. The van der Waals surface area contributed by atoms with Crippen LogP contribution in [0.15, 0.2) is 60.7 Å². The molecule has 2 aromatic carbocycles. The Balaban J connectivity index is 2.33. The third-order valence-electron chi connectivity index (χ3n) is 7.14. The van der Waals surface area contributed by atoms with Crippen LogP contribution in [0.5, 0.6) is 0 Å². The molecule has 0 saturated carbocycles. The van der Waals surface area contributed by atoms with E-state index in [1.807, 2.05) is 36.4 Å². The molecule has 0 aliphatic heterocycles. The van der Waals surface area contributed by atoms with E-state index in [-0.39, 0.29) is 9.79 Å². The van der Waals surface area contributed by atoms with Crippen molar-refractivity contribution in [1.82, 2.24) is 0 Å². The fourth-order valence-corrected chi connectivity index (χ4v) is 9.61. The summed E-state index contributed by atoms with van der Waals surface area (Å²) in [5.74, 6) is 0. The lowest BCUT2D eigenvalue weighted by molar-refractivity contribution is 0.00956. The number of aliphatic hydroxyl groups is 1. The van der Waals surface area contributed by atoms with Crippen LogP contribution < -0.4 is 10.4 Å². The summed E-state index contributed by atoms with van der Waals surface area (Å²) in [5.41, 5.74) is 0. The number of aliphatic hydroxyl groups excluding tert-OH is 1. The second-order valence-corrected chi connectivity index (χ2v) is 14.9. The number of thioether (sulfide) groups is 1. The van der Waals surface area contributed by atoms with Crippen molar-refractivity contribution >= 4 is 30.5 Å². The van der Waals surface area contributed by atoms with Crippen LogP contribution in [0.3, 0.4) is 0 Å². The fourth-order valence-electron chi connectivity index (χ4n) is 4.83. The van der Waals surface area contributed by atoms with Gasteiger partial charge in [-0.3, -0.25) is 0 Å². The van der Waals surface area contributed by atoms with E-state index in [4.69, 9.17) is 4.74 Å². The first-order valence-corrected chi connectivity index (χ1v) is 15.6. The second kappa shape index (κ2) is 13.1. The Morgan fingerprint density at radius 3 is 1.88 bits per heavy atom. The van der Waals surface area contributed by atoms with Crippen molar-refractivity contribution in [3.05, 3.63) is 60.7 Å². The van der Waals surface area contributed by atoms with E-state index in [1.54, 1.807) is 11.8 Å². The maximum Gasteiger partial charge on any atom is 0.258 e. The quantitative estimate of drug-likeness (QED) is 0.261. The van der Waals surface area contributed by atoms with Gasteiger partial charge in [0.1, 0.15) is 0 Å². The minimum absolute atomic E-state index is 0.277. The molecular weight excluding hydrogens is 444 g/mol. The van der Waals surface area contributed by atoms with Crippen LogP contribution in [0.4, 0.5) is 0 Å². The number of hydrogen-bond donors (Lipinski definition) is 2. The van der Waals surface area contributed by atoms with Gasteiger partial charge in [0.15, 0.2) is 0 Å². The van der Waals surface area contributed by atoms with Gasteiger partial charge < -0.3 is 14.6 Å². The molecule has 0 aromatic heterocycles. The molecule has 2 rings (SSSR count). The summed E-state index contributed by atoms with van der Waals surface area (Å²) >= 11 is 1.76. The lowest BCUT2D eigenvalue weighted by atomic mass is 9.88. The minimum atomic E-state index is -3.06. The van der Waals surface area contributed by atoms with Crippen molar-refractivity contribution in [3.8, 4) is 0 Å². The van der Waals surface area contributed by atoms with Gasteiger partial charge in [-0.15, -0.1) is 0 Å². The van der Waals surface area contributed by atoms with Crippen LogP contribution in [0.1, 0.15) is 66.2 Å². The molecule has 0 saturated heterocycles. The first-order chi connectivity index (χ1) is 15.8. The van der Waals surface area contributed by atoms with Crippen molar-refractivity contribution in [2.75, 3.05) is 19.5 Å². The number of unbranched alkanes of at least 4 members (excludes halogenated alkanes) is 1. The van der Waals surface area contributed by atoms with Crippen LogP contribution in [0.25, 0.3) is 0 Å². The van der Waals surface area contributed by atoms with Crippen LogP contribution >= 0.6 is 11.8 Å². The van der Waals surface area contributed by atoms with Gasteiger partial charge in [-0.1, -0.05) is 101 Å². The van der Waals surface area contributed by atoms with Crippen molar-refractivity contribution in [1.29, 1.82) is 0 Å². The van der Waals surface area contributed by atoms with E-state index in [1.165, 1.54) is 0 Å². The Hall–Kier alpha value is -1.11. The highest BCUT2D eigenvalue weighted by Crippen LogP contribution is 2.46. The van der Waals surface area contributed by atoms with Gasteiger partial charge >= 0.3 is 0 Å². The summed E-state index contributed by atoms with van der Waals surface area (Å²) in [7, 11) is -3.06. The molecule has 5 heteroatoms. The van der Waals surface area contributed by atoms with E-state index in [0.717, 1.165) is 48.9 Å². The molecule has 184 valence electrons. The van der Waals surface area contributed by atoms with E-state index in [2.05, 4.69) is 58.2 Å². The van der Waals surface area contributed by atoms with Gasteiger partial charge in [0.25, 0.3) is 8.32 Å². The molecule has 0 fully saturated rings. The summed E-state index contributed by atoms with van der Waals surface area (Å²) in [6.07, 6.45) is 7.29. The molecule has 0 bridgehead atoms. The average molecular weight is 489 g/mol. The van der Waals surface area contributed by atoms with Crippen molar-refractivity contribution < 1.29 is 14.6 Å². The maximum absolute atomic E-state index is 12.5. The smallest absolute Gasteiger partial charge is 0.258 e. The molecule has 3 nitrogen and oxygen atoms in total. The number of benzene rings is 2. The molecule has 0 unspecified atom stereocenters. The lowest BCUT2D eigenvalue weighted by Crippen LogP contribution is -2.65. The summed E-state index contributed by atoms with van der Waals surface area (Å²) < 4.78 is 5.55. The molecule has 0 heterocycles.